The number of rotatable bonds is 4. The fourth-order valence-corrected chi connectivity index (χ4v) is 1.92. The van der Waals surface area contributed by atoms with E-state index < -0.39 is 30.0 Å². The standard InChI is InChI=1S/C16H20F3N3O3/c1-15(2,3)14(24)22-21-13(23)11-6-12(25-8-16(17,18)19)10(7-20-11)9-4-5-9/h6-7,9H,4-5,8H2,1-3H3,(H,21,23)(H,22,24). The van der Waals surface area contributed by atoms with Crippen molar-refractivity contribution < 1.29 is 27.5 Å². The zero-order valence-corrected chi connectivity index (χ0v) is 14.2. The third-order valence-electron chi connectivity index (χ3n) is 3.51. The molecule has 0 aromatic carbocycles. The Bertz CT molecular complexity index is 665. The fourth-order valence-electron chi connectivity index (χ4n) is 1.92. The summed E-state index contributed by atoms with van der Waals surface area (Å²) >= 11 is 0. The molecule has 0 radical (unpaired) electrons. The molecule has 0 spiro atoms. The van der Waals surface area contributed by atoms with Gasteiger partial charge >= 0.3 is 6.18 Å². The molecule has 0 unspecified atom stereocenters. The molecule has 1 aliphatic rings. The maximum absolute atomic E-state index is 12.4. The Morgan fingerprint density at radius 1 is 1.24 bits per heavy atom. The molecule has 0 aliphatic heterocycles. The van der Waals surface area contributed by atoms with E-state index in [-0.39, 0.29) is 17.4 Å². The number of hydrogen-bond acceptors (Lipinski definition) is 4. The van der Waals surface area contributed by atoms with E-state index in [0.29, 0.717) is 5.56 Å². The number of carbonyl (C=O) groups excluding carboxylic acids is 2. The molecule has 2 amide bonds. The van der Waals surface area contributed by atoms with Gasteiger partial charge in [0.2, 0.25) is 5.91 Å². The van der Waals surface area contributed by atoms with Crippen LogP contribution in [0.5, 0.6) is 5.75 Å². The van der Waals surface area contributed by atoms with Crippen molar-refractivity contribution in [3.05, 3.63) is 23.5 Å². The summed E-state index contributed by atoms with van der Waals surface area (Å²) in [6.07, 6.45) is -1.44. The molecule has 1 saturated carbocycles. The minimum Gasteiger partial charge on any atom is -0.484 e. The van der Waals surface area contributed by atoms with Gasteiger partial charge in [-0.15, -0.1) is 0 Å². The Kier molecular flexibility index (Phi) is 5.24. The number of pyridine rings is 1. The summed E-state index contributed by atoms with van der Waals surface area (Å²) < 4.78 is 42.0. The van der Waals surface area contributed by atoms with Crippen molar-refractivity contribution in [3.63, 3.8) is 0 Å². The van der Waals surface area contributed by atoms with Crippen LogP contribution in [0.25, 0.3) is 0 Å². The number of nitrogens with zero attached hydrogens (tertiary/aromatic N) is 1. The van der Waals surface area contributed by atoms with Gasteiger partial charge in [-0.25, -0.2) is 0 Å². The van der Waals surface area contributed by atoms with Crippen molar-refractivity contribution in [1.82, 2.24) is 15.8 Å². The molecule has 1 aromatic heterocycles. The maximum atomic E-state index is 12.4. The van der Waals surface area contributed by atoms with Crippen molar-refractivity contribution in [3.8, 4) is 5.75 Å². The number of amides is 2. The highest BCUT2D eigenvalue weighted by Gasteiger charge is 2.32. The lowest BCUT2D eigenvalue weighted by atomic mass is 9.96. The average molecular weight is 359 g/mol. The molecule has 9 heteroatoms. The van der Waals surface area contributed by atoms with Crippen LogP contribution in [-0.2, 0) is 4.79 Å². The summed E-state index contributed by atoms with van der Waals surface area (Å²) in [5.41, 5.74) is 4.14. The van der Waals surface area contributed by atoms with E-state index in [9.17, 15) is 22.8 Å². The molecule has 6 nitrogen and oxygen atoms in total. The molecule has 0 bridgehead atoms. The molecule has 2 rings (SSSR count). The van der Waals surface area contributed by atoms with E-state index in [1.807, 2.05) is 0 Å². The molecular formula is C16H20F3N3O3. The second-order valence-electron chi connectivity index (χ2n) is 6.94. The minimum atomic E-state index is -4.48. The third-order valence-corrected chi connectivity index (χ3v) is 3.51. The number of carbonyl (C=O) groups is 2. The van der Waals surface area contributed by atoms with Gasteiger partial charge in [-0.05, 0) is 18.8 Å². The van der Waals surface area contributed by atoms with Gasteiger partial charge in [-0.3, -0.25) is 25.4 Å². The highest BCUT2D eigenvalue weighted by Crippen LogP contribution is 2.44. The van der Waals surface area contributed by atoms with Crippen LogP contribution in [0.1, 0.15) is 55.6 Å². The quantitative estimate of drug-likeness (QED) is 0.810. The molecule has 0 saturated heterocycles. The van der Waals surface area contributed by atoms with Crippen molar-refractivity contribution >= 4 is 11.8 Å². The molecule has 1 fully saturated rings. The summed E-state index contributed by atoms with van der Waals surface area (Å²) in [6, 6.07) is 1.16. The zero-order valence-electron chi connectivity index (χ0n) is 14.2. The molecule has 1 heterocycles. The molecular weight excluding hydrogens is 339 g/mol. The lowest BCUT2D eigenvalue weighted by molar-refractivity contribution is -0.153. The van der Waals surface area contributed by atoms with Gasteiger partial charge in [0.25, 0.3) is 5.91 Å². The van der Waals surface area contributed by atoms with Crippen molar-refractivity contribution in [2.24, 2.45) is 5.41 Å². The highest BCUT2D eigenvalue weighted by molar-refractivity contribution is 5.94. The third kappa shape index (κ3) is 5.61. The normalized spacial score (nSPS) is 14.8. The number of ether oxygens (including phenoxy) is 1. The Morgan fingerprint density at radius 2 is 1.88 bits per heavy atom. The minimum absolute atomic E-state index is 0.0119. The fraction of sp³-hybridized carbons (Fsp3) is 0.562. The zero-order chi connectivity index (χ0) is 18.8. The van der Waals surface area contributed by atoms with Crippen LogP contribution in [-0.4, -0.2) is 29.6 Å². The molecule has 2 N–H and O–H groups in total. The Labute approximate surface area is 143 Å². The van der Waals surface area contributed by atoms with Gasteiger partial charge < -0.3 is 4.74 Å². The average Bonchev–Trinajstić information content (AvgIpc) is 3.33. The molecule has 1 aliphatic carbocycles. The van der Waals surface area contributed by atoms with Gasteiger partial charge in [0.15, 0.2) is 6.61 Å². The molecule has 25 heavy (non-hydrogen) atoms. The van der Waals surface area contributed by atoms with Crippen LogP contribution in [0.15, 0.2) is 12.3 Å². The summed E-state index contributed by atoms with van der Waals surface area (Å²) in [6.45, 7) is 3.55. The first-order valence-corrected chi connectivity index (χ1v) is 7.77. The van der Waals surface area contributed by atoms with Crippen molar-refractivity contribution in [1.29, 1.82) is 0 Å². The molecule has 0 atom stereocenters. The number of aromatic nitrogens is 1. The summed E-state index contributed by atoms with van der Waals surface area (Å²) in [4.78, 5) is 27.8. The first kappa shape index (κ1) is 19.0. The molecule has 1 aromatic rings. The van der Waals surface area contributed by atoms with Crippen LogP contribution in [0.4, 0.5) is 13.2 Å². The van der Waals surface area contributed by atoms with E-state index in [0.717, 1.165) is 18.9 Å². The molecule has 138 valence electrons. The summed E-state index contributed by atoms with van der Waals surface area (Å²) in [5.74, 6) is -1.06. The predicted molar refractivity (Wildman–Crippen MR) is 82.8 cm³/mol. The van der Waals surface area contributed by atoms with Crippen LogP contribution in [0.2, 0.25) is 0 Å². The Morgan fingerprint density at radius 3 is 2.40 bits per heavy atom. The SMILES string of the molecule is CC(C)(C)C(=O)NNC(=O)c1cc(OCC(F)(F)F)c(C2CC2)cn1. The van der Waals surface area contributed by atoms with Gasteiger partial charge in [-0.1, -0.05) is 20.8 Å². The lowest BCUT2D eigenvalue weighted by Crippen LogP contribution is -2.46. The topological polar surface area (TPSA) is 80.3 Å². The van der Waals surface area contributed by atoms with Crippen LogP contribution in [0.3, 0.4) is 0 Å². The number of hydrogen-bond donors (Lipinski definition) is 2. The highest BCUT2D eigenvalue weighted by atomic mass is 19.4. The lowest BCUT2D eigenvalue weighted by Gasteiger charge is -2.18. The number of nitrogens with one attached hydrogen (secondary N) is 2. The second-order valence-corrected chi connectivity index (χ2v) is 6.94. The Hall–Kier alpha value is -2.32. The van der Waals surface area contributed by atoms with E-state index >= 15 is 0 Å². The van der Waals surface area contributed by atoms with E-state index in [4.69, 9.17) is 4.74 Å². The first-order chi connectivity index (χ1) is 11.5. The van der Waals surface area contributed by atoms with Crippen molar-refractivity contribution in [2.75, 3.05) is 6.61 Å². The van der Waals surface area contributed by atoms with E-state index in [1.165, 1.54) is 6.20 Å². The van der Waals surface area contributed by atoms with Gasteiger partial charge in [0, 0.05) is 23.2 Å². The summed E-state index contributed by atoms with van der Waals surface area (Å²) in [7, 11) is 0. The van der Waals surface area contributed by atoms with Gasteiger partial charge in [0.05, 0.1) is 0 Å². The first-order valence-electron chi connectivity index (χ1n) is 7.77. The van der Waals surface area contributed by atoms with E-state index in [2.05, 4.69) is 15.8 Å². The predicted octanol–water partition coefficient (Wildman–Crippen LogP) is 2.71. The van der Waals surface area contributed by atoms with Crippen LogP contribution in [0, 0.1) is 5.41 Å². The van der Waals surface area contributed by atoms with Crippen LogP contribution >= 0.6 is 0 Å². The smallest absolute Gasteiger partial charge is 0.422 e. The maximum Gasteiger partial charge on any atom is 0.422 e. The second kappa shape index (κ2) is 6.89. The number of hydrazine groups is 1. The summed E-state index contributed by atoms with van der Waals surface area (Å²) in [5, 5.41) is 0. The number of alkyl halides is 3. The Balaban J connectivity index is 2.10. The number of halogens is 3. The van der Waals surface area contributed by atoms with Crippen molar-refractivity contribution in [2.45, 2.75) is 45.7 Å². The largest absolute Gasteiger partial charge is 0.484 e. The van der Waals surface area contributed by atoms with E-state index in [1.54, 1.807) is 20.8 Å². The van der Waals surface area contributed by atoms with Gasteiger partial charge in [0.1, 0.15) is 11.4 Å². The van der Waals surface area contributed by atoms with Gasteiger partial charge in [-0.2, -0.15) is 13.2 Å². The van der Waals surface area contributed by atoms with Crippen LogP contribution < -0.4 is 15.6 Å². The monoisotopic (exact) mass is 359 g/mol.